The van der Waals surface area contributed by atoms with Crippen molar-refractivity contribution in [1.82, 2.24) is 29.7 Å². The molecule has 0 amide bonds. The maximum atomic E-state index is 8.25. The standard InChI is InChI=1S/C15H11N3.C6H12N3P.CH4O.Ag.NO3/c1-3-10-16-12(6-1)14-8-5-9-15(18-14)13-7-2-4-11-17-13;1-7-2-9-3-8(1)5-10(4-7)6-9;1-2;;2-1(3)4/h1-11H;1-6H2;2H,1H3;;/q;;;+1;-1/p+1. The van der Waals surface area contributed by atoms with Gasteiger partial charge in [0.25, 0.3) is 0 Å². The molecule has 7 heterocycles. The van der Waals surface area contributed by atoms with Gasteiger partial charge in [-0.05, 0) is 36.4 Å². The number of aliphatic hydroxyl groups is 1. The fourth-order valence-electron chi connectivity index (χ4n) is 4.13. The summed E-state index contributed by atoms with van der Waals surface area (Å²) < 4.78 is 0. The number of pyridine rings is 3. The van der Waals surface area contributed by atoms with Gasteiger partial charge in [0.1, 0.15) is 18.9 Å². The van der Waals surface area contributed by atoms with E-state index in [1.54, 1.807) is 12.4 Å². The van der Waals surface area contributed by atoms with Crippen LogP contribution in [0, 0.1) is 15.3 Å². The van der Waals surface area contributed by atoms with Crippen LogP contribution in [0.3, 0.4) is 0 Å². The summed E-state index contributed by atoms with van der Waals surface area (Å²) in [7, 11) is 1.03. The monoisotopic (exact) mass is 592 g/mol. The van der Waals surface area contributed by atoms with E-state index in [0.29, 0.717) is 0 Å². The van der Waals surface area contributed by atoms with Crippen LogP contribution in [0.25, 0.3) is 22.8 Å². The van der Waals surface area contributed by atoms with E-state index in [0.717, 1.165) is 29.9 Å². The first kappa shape index (κ1) is 28.9. The normalized spacial score (nSPS) is 22.6. The van der Waals surface area contributed by atoms with Gasteiger partial charge in [0.15, 0.2) is 0 Å². The molecular formula is C22H28AgN7O4P+. The van der Waals surface area contributed by atoms with Gasteiger partial charge in [-0.2, -0.15) is 0 Å². The number of rotatable bonds is 2. The second-order valence-corrected chi connectivity index (χ2v) is 10.2. The van der Waals surface area contributed by atoms with Gasteiger partial charge in [0, 0.05) is 27.4 Å². The Balaban J connectivity index is 0.000000214. The van der Waals surface area contributed by atoms with E-state index in [2.05, 4.69) is 29.7 Å². The van der Waals surface area contributed by atoms with Gasteiger partial charge in [0.2, 0.25) is 0 Å². The second-order valence-electron chi connectivity index (χ2n) is 7.72. The minimum atomic E-state index is -1.75. The van der Waals surface area contributed by atoms with E-state index in [-0.39, 0.29) is 30.3 Å². The fourth-order valence-corrected chi connectivity index (χ4v) is 6.93. The summed E-state index contributed by atoms with van der Waals surface area (Å²) >= 11 is 0. The molecule has 35 heavy (non-hydrogen) atoms. The summed E-state index contributed by atoms with van der Waals surface area (Å²) in [4.78, 5) is 29.2. The maximum absolute atomic E-state index is 8.25. The molecule has 13 heteroatoms. The molecule has 3 aromatic heterocycles. The van der Waals surface area contributed by atoms with Crippen molar-refractivity contribution < 1.29 is 32.6 Å². The molecule has 0 saturated carbocycles. The second kappa shape index (κ2) is 14.9. The van der Waals surface area contributed by atoms with Crippen LogP contribution in [0.4, 0.5) is 0 Å². The quantitative estimate of drug-likeness (QED) is 0.204. The van der Waals surface area contributed by atoms with Crippen molar-refractivity contribution >= 4 is 7.92 Å². The average Bonchev–Trinajstić information content (AvgIpc) is 2.86. The van der Waals surface area contributed by atoms with Crippen molar-refractivity contribution in [3.8, 4) is 22.8 Å². The van der Waals surface area contributed by atoms with Crippen LogP contribution in [0.15, 0.2) is 67.0 Å². The van der Waals surface area contributed by atoms with Crippen molar-refractivity contribution in [2.75, 3.05) is 46.0 Å². The topological polar surface area (TPSA) is 135 Å². The molecule has 0 spiro atoms. The first-order valence-corrected chi connectivity index (χ1v) is 12.8. The molecule has 4 saturated heterocycles. The number of aliphatic hydroxyl groups excluding tert-OH is 1. The first-order chi connectivity index (χ1) is 16.6. The molecule has 1 N–H and O–H groups in total. The number of hydrogen-bond donors (Lipinski definition) is 1. The zero-order valence-corrected chi connectivity index (χ0v) is 21.7. The van der Waals surface area contributed by atoms with Crippen molar-refractivity contribution in [2.24, 2.45) is 0 Å². The minimum Gasteiger partial charge on any atom is -0.400 e. The Morgan fingerprint density at radius 3 is 1.43 bits per heavy atom. The van der Waals surface area contributed by atoms with Gasteiger partial charge in [-0.3, -0.25) is 9.97 Å². The molecule has 0 atom stereocenters. The first-order valence-electron chi connectivity index (χ1n) is 10.6. The third-order valence-corrected chi connectivity index (χ3v) is 7.83. The molecule has 0 radical (unpaired) electrons. The van der Waals surface area contributed by atoms with Crippen LogP contribution < -0.4 is 0 Å². The van der Waals surface area contributed by atoms with E-state index < -0.39 is 5.09 Å². The zero-order chi connectivity index (χ0) is 24.3. The molecule has 3 aromatic rings. The Labute approximate surface area is 220 Å². The van der Waals surface area contributed by atoms with Crippen LogP contribution in [-0.2, 0) is 22.4 Å². The average molecular weight is 593 g/mol. The summed E-state index contributed by atoms with van der Waals surface area (Å²) in [5.41, 5.74) is 3.46. The van der Waals surface area contributed by atoms with Gasteiger partial charge in [-0.25, -0.2) is 19.7 Å². The molecule has 7 rings (SSSR count). The molecular weight excluding hydrogens is 565 g/mol. The van der Waals surface area contributed by atoms with Gasteiger partial charge in [0.05, 0.1) is 47.9 Å². The van der Waals surface area contributed by atoms with E-state index >= 15 is 0 Å². The minimum absolute atomic E-state index is 0. The van der Waals surface area contributed by atoms with Crippen LogP contribution in [0.1, 0.15) is 0 Å². The van der Waals surface area contributed by atoms with E-state index in [4.69, 9.17) is 20.4 Å². The van der Waals surface area contributed by atoms with Crippen LogP contribution in [0.5, 0.6) is 0 Å². The van der Waals surface area contributed by atoms with Gasteiger partial charge < -0.3 is 20.4 Å². The fraction of sp³-hybridized carbons (Fsp3) is 0.318. The molecule has 4 fully saturated rings. The number of nitrogens with zero attached hydrogens (tertiary/aromatic N) is 7. The SMILES string of the molecule is C1N2CN3CN1C[PH+](C2)C3.CO.O=[N+]([O-])[O-].[Ag+].c1ccc(-c2cccc(-c3ccccn3)n2)nc1. The summed E-state index contributed by atoms with van der Waals surface area (Å²) in [6.07, 6.45) is 7.90. The van der Waals surface area contributed by atoms with Gasteiger partial charge in [-0.15, -0.1) is 0 Å². The third kappa shape index (κ3) is 8.99. The van der Waals surface area contributed by atoms with E-state index in [1.165, 1.54) is 38.9 Å². The molecule has 11 nitrogen and oxygen atoms in total. The summed E-state index contributed by atoms with van der Waals surface area (Å²) in [5.74, 6) is 0. The van der Waals surface area contributed by atoms with Crippen LogP contribution in [-0.4, -0.2) is 85.8 Å². The smallest absolute Gasteiger partial charge is 0.400 e. The predicted molar refractivity (Wildman–Crippen MR) is 132 cm³/mol. The number of aromatic nitrogens is 3. The van der Waals surface area contributed by atoms with Crippen molar-refractivity contribution in [3.05, 3.63) is 82.3 Å². The van der Waals surface area contributed by atoms with E-state index in [9.17, 15) is 0 Å². The zero-order valence-electron chi connectivity index (χ0n) is 19.2. The summed E-state index contributed by atoms with van der Waals surface area (Å²) in [6.45, 7) is 3.76. The molecule has 4 aliphatic heterocycles. The molecule has 0 aromatic carbocycles. The Morgan fingerprint density at radius 1 is 0.743 bits per heavy atom. The van der Waals surface area contributed by atoms with E-state index in [1.807, 2.05) is 54.6 Å². The Bertz CT molecular complexity index is 921. The molecule has 0 aliphatic carbocycles. The van der Waals surface area contributed by atoms with Gasteiger partial charge in [-0.1, -0.05) is 18.2 Å². The van der Waals surface area contributed by atoms with Crippen LogP contribution >= 0.6 is 7.92 Å². The van der Waals surface area contributed by atoms with Crippen molar-refractivity contribution in [1.29, 1.82) is 0 Å². The summed E-state index contributed by atoms with van der Waals surface area (Å²) in [5, 5.41) is 21.8. The maximum Gasteiger partial charge on any atom is 1.00 e. The largest absolute Gasteiger partial charge is 1.00 e. The molecule has 4 bridgehead atoms. The predicted octanol–water partition coefficient (Wildman–Crippen LogP) is 2.46. The Hall–Kier alpha value is -2.34. The van der Waals surface area contributed by atoms with Crippen molar-refractivity contribution in [3.63, 3.8) is 0 Å². The Kier molecular flexibility index (Phi) is 12.3. The van der Waals surface area contributed by atoms with Gasteiger partial charge >= 0.3 is 22.4 Å². The molecule has 4 aliphatic rings. The molecule has 0 unspecified atom stereocenters. The molecule has 190 valence electrons. The number of hydrogen-bond acceptors (Lipinski definition) is 10. The summed E-state index contributed by atoms with van der Waals surface area (Å²) in [6, 6.07) is 17.5. The third-order valence-electron chi connectivity index (χ3n) is 5.15. The van der Waals surface area contributed by atoms with Crippen molar-refractivity contribution in [2.45, 2.75) is 0 Å². The van der Waals surface area contributed by atoms with Crippen LogP contribution in [0.2, 0.25) is 0 Å². The Morgan fingerprint density at radius 2 is 1.11 bits per heavy atom.